The molecule has 5 rings (SSSR count). The van der Waals surface area contributed by atoms with Crippen LogP contribution in [0.4, 0.5) is 0 Å². The number of alkyl halides is 1. The molecule has 3 aliphatic rings. The summed E-state index contributed by atoms with van der Waals surface area (Å²) in [7, 11) is 0. The first-order valence-corrected chi connectivity index (χ1v) is 9.05. The number of aromatic nitrogens is 3. The van der Waals surface area contributed by atoms with Gasteiger partial charge in [-0.05, 0) is 71.9 Å². The lowest BCUT2D eigenvalue weighted by molar-refractivity contribution is 0.450. The third-order valence-corrected chi connectivity index (χ3v) is 6.50. The van der Waals surface area contributed by atoms with Gasteiger partial charge in [0.15, 0.2) is 5.65 Å². The van der Waals surface area contributed by atoms with Gasteiger partial charge in [0.05, 0.1) is 5.38 Å². The van der Waals surface area contributed by atoms with Crippen molar-refractivity contribution in [2.75, 3.05) is 0 Å². The van der Waals surface area contributed by atoms with E-state index in [9.17, 15) is 0 Å². The zero-order valence-corrected chi connectivity index (χ0v) is 14.2. The zero-order chi connectivity index (χ0) is 14.3. The van der Waals surface area contributed by atoms with Crippen molar-refractivity contribution in [1.29, 1.82) is 0 Å². The molecule has 110 valence electrons. The topological polar surface area (TPSA) is 30.7 Å². The van der Waals surface area contributed by atoms with Crippen molar-refractivity contribution in [1.82, 2.24) is 14.5 Å². The predicted molar refractivity (Wildman–Crippen MR) is 86.3 cm³/mol. The van der Waals surface area contributed by atoms with Crippen LogP contribution in [-0.2, 0) is 0 Å². The Morgan fingerprint density at radius 2 is 2.05 bits per heavy atom. The molecule has 0 saturated heterocycles. The number of fused-ring (bicyclic) bond motifs is 6. The summed E-state index contributed by atoms with van der Waals surface area (Å²) in [5.74, 6) is 4.60. The van der Waals surface area contributed by atoms with E-state index in [1.54, 1.807) is 0 Å². The SMILES string of the molecule is CC(Cl)c1nc2cc(Br)cnc2n1C1C2C3CCC(C3)C21. The van der Waals surface area contributed by atoms with Crippen LogP contribution in [0.15, 0.2) is 16.7 Å². The minimum atomic E-state index is -0.0723. The van der Waals surface area contributed by atoms with Crippen LogP contribution in [-0.4, -0.2) is 14.5 Å². The molecular weight excluding hydrogens is 350 g/mol. The summed E-state index contributed by atoms with van der Waals surface area (Å²) in [6, 6.07) is 2.65. The molecule has 0 radical (unpaired) electrons. The number of halogens is 2. The Hall–Kier alpha value is -0.610. The maximum absolute atomic E-state index is 6.41. The van der Waals surface area contributed by atoms with Gasteiger partial charge in [-0.1, -0.05) is 0 Å². The van der Waals surface area contributed by atoms with Gasteiger partial charge in [0.1, 0.15) is 11.3 Å². The highest BCUT2D eigenvalue weighted by Crippen LogP contribution is 2.72. The summed E-state index contributed by atoms with van der Waals surface area (Å²) in [5.41, 5.74) is 1.98. The molecule has 2 heterocycles. The smallest absolute Gasteiger partial charge is 0.160 e. The fourth-order valence-corrected chi connectivity index (χ4v) is 5.65. The van der Waals surface area contributed by atoms with Crippen LogP contribution in [0, 0.1) is 23.7 Å². The van der Waals surface area contributed by atoms with E-state index < -0.39 is 0 Å². The lowest BCUT2D eigenvalue weighted by Crippen LogP contribution is -2.09. The summed E-state index contributed by atoms with van der Waals surface area (Å²) in [6.07, 6.45) is 6.19. The second kappa shape index (κ2) is 4.23. The van der Waals surface area contributed by atoms with Crippen LogP contribution in [0.2, 0.25) is 0 Å². The molecular formula is C16H17BrClN3. The van der Waals surface area contributed by atoms with Crippen LogP contribution in [0.3, 0.4) is 0 Å². The molecule has 21 heavy (non-hydrogen) atoms. The highest BCUT2D eigenvalue weighted by atomic mass is 79.9. The van der Waals surface area contributed by atoms with Gasteiger partial charge in [-0.3, -0.25) is 0 Å². The molecule has 2 aromatic rings. The van der Waals surface area contributed by atoms with Crippen LogP contribution in [0.5, 0.6) is 0 Å². The number of pyridine rings is 1. The first-order valence-electron chi connectivity index (χ1n) is 7.82. The molecule has 3 fully saturated rings. The van der Waals surface area contributed by atoms with Gasteiger partial charge < -0.3 is 4.57 Å². The van der Waals surface area contributed by atoms with Crippen LogP contribution in [0.1, 0.15) is 43.4 Å². The lowest BCUT2D eigenvalue weighted by atomic mass is 10.0. The van der Waals surface area contributed by atoms with Gasteiger partial charge in [-0.2, -0.15) is 0 Å². The highest BCUT2D eigenvalue weighted by molar-refractivity contribution is 9.10. The lowest BCUT2D eigenvalue weighted by Gasteiger charge is -2.14. The molecule has 3 saturated carbocycles. The van der Waals surface area contributed by atoms with Crippen LogP contribution < -0.4 is 0 Å². The molecule has 0 N–H and O–H groups in total. The van der Waals surface area contributed by atoms with E-state index in [1.165, 1.54) is 19.3 Å². The molecule has 3 nitrogen and oxygen atoms in total. The predicted octanol–water partition coefficient (Wildman–Crippen LogP) is 4.71. The van der Waals surface area contributed by atoms with E-state index in [-0.39, 0.29) is 5.38 Å². The zero-order valence-electron chi connectivity index (χ0n) is 11.8. The number of hydrogen-bond donors (Lipinski definition) is 0. The van der Waals surface area contributed by atoms with Crippen molar-refractivity contribution in [3.8, 4) is 0 Å². The van der Waals surface area contributed by atoms with E-state index in [4.69, 9.17) is 16.6 Å². The van der Waals surface area contributed by atoms with Crippen molar-refractivity contribution >= 4 is 38.7 Å². The largest absolute Gasteiger partial charge is 0.308 e. The Balaban J connectivity index is 1.67. The standard InChI is InChI=1S/C16H17BrClN3/c1-7(18)15-20-11-5-10(17)6-19-16(11)21(15)14-12-8-2-3-9(4-8)13(12)14/h5-9,12-14H,2-4H2,1H3. The highest BCUT2D eigenvalue weighted by Gasteiger charge is 2.66. The van der Waals surface area contributed by atoms with E-state index >= 15 is 0 Å². The Kier molecular flexibility index (Phi) is 2.59. The van der Waals surface area contributed by atoms with Crippen LogP contribution in [0.25, 0.3) is 11.2 Å². The van der Waals surface area contributed by atoms with E-state index in [2.05, 4.69) is 25.5 Å². The molecule has 0 aromatic carbocycles. The van der Waals surface area contributed by atoms with Gasteiger partial charge in [-0.15, -0.1) is 11.6 Å². The molecule has 5 atom stereocenters. The number of hydrogen-bond acceptors (Lipinski definition) is 2. The second-order valence-electron chi connectivity index (χ2n) is 6.93. The van der Waals surface area contributed by atoms with Crippen LogP contribution >= 0.6 is 27.5 Å². The Morgan fingerprint density at radius 1 is 1.33 bits per heavy atom. The number of rotatable bonds is 2. The van der Waals surface area contributed by atoms with Gasteiger partial charge in [-0.25, -0.2) is 9.97 Å². The normalized spacial score (nSPS) is 38.0. The maximum Gasteiger partial charge on any atom is 0.160 e. The third kappa shape index (κ3) is 1.66. The summed E-state index contributed by atoms with van der Waals surface area (Å²) >= 11 is 9.90. The van der Waals surface area contributed by atoms with Crippen molar-refractivity contribution in [2.45, 2.75) is 37.6 Å². The monoisotopic (exact) mass is 365 g/mol. The molecule has 3 aliphatic carbocycles. The van der Waals surface area contributed by atoms with Crippen molar-refractivity contribution in [3.05, 3.63) is 22.6 Å². The molecule has 0 aliphatic heterocycles. The molecule has 5 heteroatoms. The fourth-order valence-electron chi connectivity index (χ4n) is 5.17. The first-order chi connectivity index (χ1) is 10.1. The molecule has 5 unspecified atom stereocenters. The van der Waals surface area contributed by atoms with E-state index in [1.807, 2.05) is 19.2 Å². The minimum Gasteiger partial charge on any atom is -0.308 e. The second-order valence-corrected chi connectivity index (χ2v) is 8.50. The number of nitrogens with zero attached hydrogens (tertiary/aromatic N) is 3. The molecule has 2 bridgehead atoms. The quantitative estimate of drug-likeness (QED) is 0.721. The number of imidazole rings is 1. The fraction of sp³-hybridized carbons (Fsp3) is 0.625. The third-order valence-electron chi connectivity index (χ3n) is 5.87. The van der Waals surface area contributed by atoms with Gasteiger partial charge >= 0.3 is 0 Å². The summed E-state index contributed by atoms with van der Waals surface area (Å²) in [6.45, 7) is 2.01. The van der Waals surface area contributed by atoms with Crippen molar-refractivity contribution in [3.63, 3.8) is 0 Å². The molecule has 0 spiro atoms. The molecule has 2 aromatic heterocycles. The molecule has 0 amide bonds. The Labute approximate surface area is 137 Å². The Morgan fingerprint density at radius 3 is 2.71 bits per heavy atom. The van der Waals surface area contributed by atoms with Crippen molar-refractivity contribution < 1.29 is 0 Å². The minimum absolute atomic E-state index is 0.0723. The summed E-state index contributed by atoms with van der Waals surface area (Å²) in [4.78, 5) is 9.41. The van der Waals surface area contributed by atoms with Gasteiger partial charge in [0, 0.05) is 16.7 Å². The average molecular weight is 367 g/mol. The van der Waals surface area contributed by atoms with Crippen molar-refractivity contribution in [2.24, 2.45) is 23.7 Å². The Bertz CT molecular complexity index is 724. The van der Waals surface area contributed by atoms with Gasteiger partial charge in [0.2, 0.25) is 0 Å². The van der Waals surface area contributed by atoms with E-state index in [0.717, 1.165) is 45.1 Å². The average Bonchev–Trinajstić information content (AvgIpc) is 2.80. The van der Waals surface area contributed by atoms with Gasteiger partial charge in [0.25, 0.3) is 0 Å². The summed E-state index contributed by atoms with van der Waals surface area (Å²) in [5, 5.41) is -0.0723. The maximum atomic E-state index is 6.41. The van der Waals surface area contributed by atoms with E-state index in [0.29, 0.717) is 6.04 Å². The summed E-state index contributed by atoms with van der Waals surface area (Å²) < 4.78 is 3.35. The first kappa shape index (κ1) is 12.9.